The number of benzene rings is 1. The Hall–Kier alpha value is -3.02. The number of carbonyl (C=O) groups is 1. The summed E-state index contributed by atoms with van der Waals surface area (Å²) in [5.41, 5.74) is 5.96. The third-order valence-electron chi connectivity index (χ3n) is 4.51. The predicted molar refractivity (Wildman–Crippen MR) is 103 cm³/mol. The van der Waals surface area contributed by atoms with Gasteiger partial charge < -0.3 is 9.84 Å². The van der Waals surface area contributed by atoms with Crippen LogP contribution in [0, 0.1) is 20.8 Å². The van der Waals surface area contributed by atoms with Gasteiger partial charge >= 0.3 is 0 Å². The van der Waals surface area contributed by atoms with Gasteiger partial charge in [0.1, 0.15) is 0 Å². The van der Waals surface area contributed by atoms with E-state index in [9.17, 15) is 4.79 Å². The number of nitrogens with one attached hydrogen (secondary N) is 1. The summed E-state index contributed by atoms with van der Waals surface area (Å²) in [5.74, 6) is 0.960. The van der Waals surface area contributed by atoms with Crippen molar-refractivity contribution in [3.05, 3.63) is 64.8 Å². The molecular weight excluding hydrogens is 340 g/mol. The predicted octanol–water partition coefficient (Wildman–Crippen LogP) is 3.35. The quantitative estimate of drug-likeness (QED) is 0.695. The molecule has 2 heterocycles. The fourth-order valence-electron chi connectivity index (χ4n) is 3.21. The molecule has 1 N–H and O–H groups in total. The first kappa shape index (κ1) is 18.8. The zero-order valence-corrected chi connectivity index (χ0v) is 16.0. The molecular formula is C21H24N4O2. The van der Waals surface area contributed by atoms with Crippen molar-refractivity contribution in [2.45, 2.75) is 40.0 Å². The number of nitrogens with zero attached hydrogens (tertiary/aromatic N) is 3. The highest BCUT2D eigenvalue weighted by atomic mass is 16.5. The monoisotopic (exact) mass is 364 g/mol. The Balaban J connectivity index is 1.46. The summed E-state index contributed by atoms with van der Waals surface area (Å²) >= 11 is 0. The summed E-state index contributed by atoms with van der Waals surface area (Å²) in [6, 6.07) is 7.99. The number of carbonyl (C=O) groups excluding carboxylic acids is 1. The molecule has 0 atom stereocenters. The average Bonchev–Trinajstić information content (AvgIpc) is 3.12. The third-order valence-corrected chi connectivity index (χ3v) is 4.51. The Morgan fingerprint density at radius 3 is 2.48 bits per heavy atom. The number of amides is 1. The molecule has 0 fully saturated rings. The lowest BCUT2D eigenvalue weighted by atomic mass is 9.97. The van der Waals surface area contributed by atoms with E-state index in [1.54, 1.807) is 12.4 Å². The SMILES string of the molecule is Cc1cc(C)c(CCNC(=O)CCc2nc(-c3ccncc3)no2)c(C)c1. The second kappa shape index (κ2) is 8.58. The van der Waals surface area contributed by atoms with E-state index in [2.05, 4.69) is 53.3 Å². The van der Waals surface area contributed by atoms with Gasteiger partial charge in [-0.15, -0.1) is 0 Å². The Morgan fingerprint density at radius 1 is 1.07 bits per heavy atom. The van der Waals surface area contributed by atoms with Crippen LogP contribution < -0.4 is 5.32 Å². The molecule has 27 heavy (non-hydrogen) atoms. The maximum Gasteiger partial charge on any atom is 0.227 e. The number of pyridine rings is 1. The molecule has 0 unspecified atom stereocenters. The molecule has 0 aliphatic rings. The van der Waals surface area contributed by atoms with Gasteiger partial charge in [0, 0.05) is 37.3 Å². The third kappa shape index (κ3) is 5.00. The second-order valence-electron chi connectivity index (χ2n) is 6.72. The molecule has 0 saturated heterocycles. The molecule has 6 heteroatoms. The zero-order valence-electron chi connectivity index (χ0n) is 16.0. The summed E-state index contributed by atoms with van der Waals surface area (Å²) in [5, 5.41) is 6.92. The van der Waals surface area contributed by atoms with Gasteiger partial charge in [-0.1, -0.05) is 22.9 Å². The molecule has 0 saturated carbocycles. The van der Waals surface area contributed by atoms with Crippen molar-refractivity contribution < 1.29 is 9.32 Å². The fourth-order valence-corrected chi connectivity index (χ4v) is 3.21. The van der Waals surface area contributed by atoms with E-state index in [0.29, 0.717) is 31.1 Å². The minimum Gasteiger partial charge on any atom is -0.356 e. The van der Waals surface area contributed by atoms with Gasteiger partial charge in [0.15, 0.2) is 0 Å². The van der Waals surface area contributed by atoms with Crippen LogP contribution in [-0.4, -0.2) is 27.6 Å². The summed E-state index contributed by atoms with van der Waals surface area (Å²) in [6.45, 7) is 6.96. The Kier molecular flexibility index (Phi) is 5.96. The first-order chi connectivity index (χ1) is 13.0. The standard InChI is InChI=1S/C21H24N4O2/c1-14-12-15(2)18(16(3)13-14)8-11-23-19(26)4-5-20-24-21(25-27-20)17-6-9-22-10-7-17/h6-7,9-10,12-13H,4-5,8,11H2,1-3H3,(H,23,26). The van der Waals surface area contributed by atoms with Crippen LogP contribution in [0.5, 0.6) is 0 Å². The van der Waals surface area contributed by atoms with Crippen molar-refractivity contribution in [2.24, 2.45) is 0 Å². The molecule has 3 rings (SSSR count). The van der Waals surface area contributed by atoms with E-state index in [1.165, 1.54) is 22.3 Å². The largest absolute Gasteiger partial charge is 0.356 e. The smallest absolute Gasteiger partial charge is 0.227 e. The number of aryl methyl sites for hydroxylation is 4. The number of hydrogen-bond acceptors (Lipinski definition) is 5. The Labute approximate surface area is 159 Å². The molecule has 0 bridgehead atoms. The van der Waals surface area contributed by atoms with Crippen molar-refractivity contribution in [1.82, 2.24) is 20.4 Å². The number of rotatable bonds is 7. The molecule has 0 spiro atoms. The molecule has 1 aromatic carbocycles. The fraction of sp³-hybridized carbons (Fsp3) is 0.333. The van der Waals surface area contributed by atoms with Gasteiger partial charge in [-0.05, 0) is 56.0 Å². The van der Waals surface area contributed by atoms with Crippen LogP contribution in [0.4, 0.5) is 0 Å². The van der Waals surface area contributed by atoms with Crippen LogP contribution in [0.3, 0.4) is 0 Å². The van der Waals surface area contributed by atoms with Crippen LogP contribution in [0.25, 0.3) is 11.4 Å². The maximum atomic E-state index is 12.1. The van der Waals surface area contributed by atoms with E-state index in [4.69, 9.17) is 4.52 Å². The van der Waals surface area contributed by atoms with Crippen LogP contribution >= 0.6 is 0 Å². The van der Waals surface area contributed by atoms with E-state index in [-0.39, 0.29) is 5.91 Å². The molecule has 6 nitrogen and oxygen atoms in total. The molecule has 0 aliphatic carbocycles. The summed E-state index contributed by atoms with van der Waals surface area (Å²) in [4.78, 5) is 20.4. The highest BCUT2D eigenvalue weighted by Crippen LogP contribution is 2.17. The lowest BCUT2D eigenvalue weighted by Crippen LogP contribution is -2.26. The van der Waals surface area contributed by atoms with E-state index >= 15 is 0 Å². The molecule has 140 valence electrons. The van der Waals surface area contributed by atoms with Crippen LogP contribution in [0.2, 0.25) is 0 Å². The molecule has 3 aromatic rings. The van der Waals surface area contributed by atoms with Crippen molar-refractivity contribution in [3.8, 4) is 11.4 Å². The second-order valence-corrected chi connectivity index (χ2v) is 6.72. The minimum atomic E-state index is -0.0129. The molecule has 2 aromatic heterocycles. The lowest BCUT2D eigenvalue weighted by Gasteiger charge is -2.12. The van der Waals surface area contributed by atoms with Gasteiger partial charge in [-0.25, -0.2) is 0 Å². The van der Waals surface area contributed by atoms with Gasteiger partial charge in [-0.2, -0.15) is 4.98 Å². The average molecular weight is 364 g/mol. The number of aromatic nitrogens is 3. The van der Waals surface area contributed by atoms with E-state index < -0.39 is 0 Å². The highest BCUT2D eigenvalue weighted by molar-refractivity contribution is 5.76. The molecule has 0 aliphatic heterocycles. The van der Waals surface area contributed by atoms with Crippen molar-refractivity contribution in [1.29, 1.82) is 0 Å². The minimum absolute atomic E-state index is 0.0129. The van der Waals surface area contributed by atoms with Crippen LogP contribution in [0.1, 0.15) is 34.6 Å². The van der Waals surface area contributed by atoms with Crippen LogP contribution in [-0.2, 0) is 17.6 Å². The maximum absolute atomic E-state index is 12.1. The summed E-state index contributed by atoms with van der Waals surface area (Å²) in [7, 11) is 0. The zero-order chi connectivity index (χ0) is 19.2. The molecule has 1 amide bonds. The van der Waals surface area contributed by atoms with E-state index in [0.717, 1.165) is 12.0 Å². The number of hydrogen-bond donors (Lipinski definition) is 1. The molecule has 0 radical (unpaired) electrons. The first-order valence-electron chi connectivity index (χ1n) is 9.09. The van der Waals surface area contributed by atoms with E-state index in [1.807, 2.05) is 12.1 Å². The first-order valence-corrected chi connectivity index (χ1v) is 9.09. The topological polar surface area (TPSA) is 80.9 Å². The normalized spacial score (nSPS) is 10.8. The van der Waals surface area contributed by atoms with Crippen molar-refractivity contribution >= 4 is 5.91 Å². The summed E-state index contributed by atoms with van der Waals surface area (Å²) < 4.78 is 5.22. The van der Waals surface area contributed by atoms with Crippen molar-refractivity contribution in [3.63, 3.8) is 0 Å². The Bertz CT molecular complexity index is 896. The van der Waals surface area contributed by atoms with Gasteiger partial charge in [0.05, 0.1) is 0 Å². The van der Waals surface area contributed by atoms with Gasteiger partial charge in [0.2, 0.25) is 17.6 Å². The summed E-state index contributed by atoms with van der Waals surface area (Å²) in [6.07, 6.45) is 4.93. The lowest BCUT2D eigenvalue weighted by molar-refractivity contribution is -0.121. The van der Waals surface area contributed by atoms with Gasteiger partial charge in [-0.3, -0.25) is 9.78 Å². The van der Waals surface area contributed by atoms with Crippen molar-refractivity contribution in [2.75, 3.05) is 6.54 Å². The van der Waals surface area contributed by atoms with Crippen LogP contribution in [0.15, 0.2) is 41.2 Å². The highest BCUT2D eigenvalue weighted by Gasteiger charge is 2.11. The Morgan fingerprint density at radius 2 is 1.78 bits per heavy atom. The van der Waals surface area contributed by atoms with Gasteiger partial charge in [0.25, 0.3) is 0 Å².